The summed E-state index contributed by atoms with van der Waals surface area (Å²) in [4.78, 5) is 0. The summed E-state index contributed by atoms with van der Waals surface area (Å²) in [6.45, 7) is 5.44. The monoisotopic (exact) mass is 275 g/mol. The first-order valence-corrected chi connectivity index (χ1v) is 8.17. The standard InChI is InChI=1S/C18H29NO/c1-3-14(2)15-7-9-16(10-8-15)18(19)12-11-17-6-4-5-13-20-17/h7-10,14,17-18H,3-6,11-13,19H2,1-2H3. The van der Waals surface area contributed by atoms with Gasteiger partial charge in [-0.2, -0.15) is 0 Å². The Morgan fingerprint density at radius 2 is 1.90 bits per heavy atom. The van der Waals surface area contributed by atoms with E-state index in [1.54, 1.807) is 0 Å². The third-order valence-electron chi connectivity index (χ3n) is 4.62. The minimum atomic E-state index is 0.145. The van der Waals surface area contributed by atoms with E-state index >= 15 is 0 Å². The van der Waals surface area contributed by atoms with Gasteiger partial charge in [0.2, 0.25) is 0 Å². The van der Waals surface area contributed by atoms with E-state index in [4.69, 9.17) is 10.5 Å². The van der Waals surface area contributed by atoms with Gasteiger partial charge in [-0.25, -0.2) is 0 Å². The zero-order chi connectivity index (χ0) is 14.4. The molecule has 0 radical (unpaired) electrons. The van der Waals surface area contributed by atoms with Crippen molar-refractivity contribution in [3.8, 4) is 0 Å². The van der Waals surface area contributed by atoms with Crippen molar-refractivity contribution >= 4 is 0 Å². The number of ether oxygens (including phenoxy) is 1. The van der Waals surface area contributed by atoms with E-state index in [-0.39, 0.29) is 6.04 Å². The topological polar surface area (TPSA) is 35.2 Å². The third kappa shape index (κ3) is 4.32. The van der Waals surface area contributed by atoms with Crippen LogP contribution in [-0.4, -0.2) is 12.7 Å². The van der Waals surface area contributed by atoms with Crippen molar-refractivity contribution in [1.29, 1.82) is 0 Å². The molecule has 1 aromatic carbocycles. The fourth-order valence-corrected chi connectivity index (χ4v) is 2.87. The predicted octanol–water partition coefficient (Wildman–Crippen LogP) is 4.55. The van der Waals surface area contributed by atoms with Gasteiger partial charge in [0, 0.05) is 12.6 Å². The first-order valence-electron chi connectivity index (χ1n) is 8.17. The molecule has 2 N–H and O–H groups in total. The molecule has 1 aliphatic heterocycles. The van der Waals surface area contributed by atoms with Crippen LogP contribution in [0.1, 0.15) is 75.5 Å². The summed E-state index contributed by atoms with van der Waals surface area (Å²) in [5, 5.41) is 0. The Balaban J connectivity index is 1.83. The van der Waals surface area contributed by atoms with Gasteiger partial charge in [0.25, 0.3) is 0 Å². The van der Waals surface area contributed by atoms with Crippen LogP contribution < -0.4 is 5.73 Å². The summed E-state index contributed by atoms with van der Waals surface area (Å²) in [5.41, 5.74) is 8.99. The van der Waals surface area contributed by atoms with Crippen molar-refractivity contribution in [2.75, 3.05) is 6.61 Å². The number of hydrogen-bond acceptors (Lipinski definition) is 2. The van der Waals surface area contributed by atoms with Crippen molar-refractivity contribution < 1.29 is 4.74 Å². The molecule has 3 unspecified atom stereocenters. The summed E-state index contributed by atoms with van der Waals surface area (Å²) < 4.78 is 5.77. The zero-order valence-corrected chi connectivity index (χ0v) is 13.0. The van der Waals surface area contributed by atoms with Crippen LogP contribution >= 0.6 is 0 Å². The van der Waals surface area contributed by atoms with Crippen LogP contribution in [-0.2, 0) is 4.74 Å². The number of nitrogens with two attached hydrogens (primary N) is 1. The fraction of sp³-hybridized carbons (Fsp3) is 0.667. The lowest BCUT2D eigenvalue weighted by Gasteiger charge is -2.24. The molecule has 0 bridgehead atoms. The van der Waals surface area contributed by atoms with Crippen LogP contribution in [0.25, 0.3) is 0 Å². The molecule has 2 heteroatoms. The highest BCUT2D eigenvalue weighted by atomic mass is 16.5. The summed E-state index contributed by atoms with van der Waals surface area (Å²) in [5.74, 6) is 0.635. The maximum absolute atomic E-state index is 6.32. The van der Waals surface area contributed by atoms with Gasteiger partial charge >= 0.3 is 0 Å². The van der Waals surface area contributed by atoms with Crippen LogP contribution in [0.3, 0.4) is 0 Å². The average molecular weight is 275 g/mol. The number of hydrogen-bond donors (Lipinski definition) is 1. The van der Waals surface area contributed by atoms with Gasteiger partial charge in [-0.3, -0.25) is 0 Å². The number of rotatable bonds is 6. The molecule has 1 heterocycles. The maximum Gasteiger partial charge on any atom is 0.0575 e. The Morgan fingerprint density at radius 1 is 1.20 bits per heavy atom. The summed E-state index contributed by atoms with van der Waals surface area (Å²) in [7, 11) is 0. The van der Waals surface area contributed by atoms with Gasteiger partial charge < -0.3 is 10.5 Å². The molecule has 0 spiro atoms. The van der Waals surface area contributed by atoms with Crippen LogP contribution in [0.15, 0.2) is 24.3 Å². The Hall–Kier alpha value is -0.860. The highest BCUT2D eigenvalue weighted by Crippen LogP contribution is 2.24. The van der Waals surface area contributed by atoms with Gasteiger partial charge in [0.1, 0.15) is 0 Å². The third-order valence-corrected chi connectivity index (χ3v) is 4.62. The first kappa shape index (κ1) is 15.5. The summed E-state index contributed by atoms with van der Waals surface area (Å²) in [6.07, 6.45) is 7.48. The smallest absolute Gasteiger partial charge is 0.0575 e. The van der Waals surface area contributed by atoms with E-state index in [9.17, 15) is 0 Å². The van der Waals surface area contributed by atoms with Crippen molar-refractivity contribution in [2.45, 2.75) is 70.4 Å². The van der Waals surface area contributed by atoms with Crippen molar-refractivity contribution in [2.24, 2.45) is 5.73 Å². The first-order chi connectivity index (χ1) is 9.70. The Kier molecular flexibility index (Phi) is 6.06. The lowest BCUT2D eigenvalue weighted by molar-refractivity contribution is 0.00912. The number of benzene rings is 1. The van der Waals surface area contributed by atoms with E-state index in [0.717, 1.165) is 19.4 Å². The fourth-order valence-electron chi connectivity index (χ4n) is 2.87. The maximum atomic E-state index is 6.32. The average Bonchev–Trinajstić information content (AvgIpc) is 2.53. The van der Waals surface area contributed by atoms with Gasteiger partial charge in [-0.05, 0) is 55.6 Å². The predicted molar refractivity (Wildman–Crippen MR) is 84.9 cm³/mol. The molecule has 20 heavy (non-hydrogen) atoms. The molecule has 2 nitrogen and oxygen atoms in total. The second-order valence-electron chi connectivity index (χ2n) is 6.15. The normalized spacial score (nSPS) is 22.4. The van der Waals surface area contributed by atoms with Crippen molar-refractivity contribution in [3.05, 3.63) is 35.4 Å². The second-order valence-corrected chi connectivity index (χ2v) is 6.15. The lowest BCUT2D eigenvalue weighted by atomic mass is 9.94. The second kappa shape index (κ2) is 7.80. The molecule has 3 atom stereocenters. The van der Waals surface area contributed by atoms with E-state index < -0.39 is 0 Å². The zero-order valence-electron chi connectivity index (χ0n) is 13.0. The molecule has 1 aromatic rings. The van der Waals surface area contributed by atoms with Crippen molar-refractivity contribution in [3.63, 3.8) is 0 Å². The van der Waals surface area contributed by atoms with Crippen LogP contribution in [0.5, 0.6) is 0 Å². The Morgan fingerprint density at radius 3 is 2.50 bits per heavy atom. The van der Waals surface area contributed by atoms with Crippen LogP contribution in [0.4, 0.5) is 0 Å². The molecular formula is C18H29NO. The van der Waals surface area contributed by atoms with Crippen LogP contribution in [0.2, 0.25) is 0 Å². The molecule has 112 valence electrons. The largest absolute Gasteiger partial charge is 0.378 e. The van der Waals surface area contributed by atoms with Crippen LogP contribution in [0, 0.1) is 0 Å². The highest BCUT2D eigenvalue weighted by Gasteiger charge is 2.16. The molecule has 1 aliphatic rings. The molecule has 1 fully saturated rings. The Labute approximate surface area is 123 Å². The molecule has 0 aliphatic carbocycles. The van der Waals surface area contributed by atoms with Gasteiger partial charge in [0.05, 0.1) is 6.10 Å². The molecule has 0 aromatic heterocycles. The summed E-state index contributed by atoms with van der Waals surface area (Å²) in [6, 6.07) is 9.02. The van der Waals surface area contributed by atoms with E-state index in [1.807, 2.05) is 0 Å². The molecule has 1 saturated heterocycles. The van der Waals surface area contributed by atoms with E-state index in [1.165, 1.54) is 36.8 Å². The van der Waals surface area contributed by atoms with Gasteiger partial charge in [0.15, 0.2) is 0 Å². The lowest BCUT2D eigenvalue weighted by Crippen LogP contribution is -2.21. The molecule has 0 saturated carbocycles. The van der Waals surface area contributed by atoms with Crippen molar-refractivity contribution in [1.82, 2.24) is 0 Å². The highest BCUT2D eigenvalue weighted by molar-refractivity contribution is 5.26. The van der Waals surface area contributed by atoms with Gasteiger partial charge in [-0.1, -0.05) is 38.1 Å². The van der Waals surface area contributed by atoms with Gasteiger partial charge in [-0.15, -0.1) is 0 Å². The van der Waals surface area contributed by atoms with E-state index in [0.29, 0.717) is 12.0 Å². The quantitative estimate of drug-likeness (QED) is 0.826. The van der Waals surface area contributed by atoms with E-state index in [2.05, 4.69) is 38.1 Å². The minimum Gasteiger partial charge on any atom is -0.378 e. The molecule has 0 amide bonds. The Bertz CT molecular complexity index is 381. The molecule has 2 rings (SSSR count). The SMILES string of the molecule is CCC(C)c1ccc(C(N)CCC2CCCCO2)cc1. The summed E-state index contributed by atoms with van der Waals surface area (Å²) >= 11 is 0. The minimum absolute atomic E-state index is 0.145. The molecular weight excluding hydrogens is 246 g/mol.